The Balaban J connectivity index is 2.48. The zero-order chi connectivity index (χ0) is 18.2. The van der Waals surface area contributed by atoms with Gasteiger partial charge in [-0.15, -0.1) is 0 Å². The van der Waals surface area contributed by atoms with E-state index in [9.17, 15) is 0 Å². The maximum Gasteiger partial charge on any atom is 0.242 e. The Kier molecular flexibility index (Phi) is 5.99. The van der Waals surface area contributed by atoms with E-state index in [1.54, 1.807) is 0 Å². The van der Waals surface area contributed by atoms with E-state index in [4.69, 9.17) is 62.7 Å². The van der Waals surface area contributed by atoms with Crippen molar-refractivity contribution in [3.63, 3.8) is 0 Å². The third-order valence-electron chi connectivity index (χ3n) is 3.19. The first-order chi connectivity index (χ1) is 11.0. The molecule has 0 saturated carbocycles. The summed E-state index contributed by atoms with van der Waals surface area (Å²) in [6.07, 6.45) is 0. The predicted octanol–water partition coefficient (Wildman–Crippen LogP) is 6.09. The fourth-order valence-electron chi connectivity index (χ4n) is 2.45. The van der Waals surface area contributed by atoms with Crippen LogP contribution in [0.5, 0.6) is 11.6 Å². The molecule has 24 heavy (non-hydrogen) atoms. The lowest BCUT2D eigenvalue weighted by molar-refractivity contribution is 0.460. The molecule has 1 aromatic heterocycles. The third-order valence-corrected chi connectivity index (χ3v) is 4.24. The number of ether oxygens (including phenoxy) is 1. The van der Waals surface area contributed by atoms with Crippen molar-refractivity contribution in [2.24, 2.45) is 0 Å². The standard InChI is InChI=1S/C15H14Cl5N3O/c1-7-5-9(6-8(2)11(7)23(3)4)24-13-10(16)12(15(18,19)20)21-14(17)22-13/h5-6H,1-4H3. The Morgan fingerprint density at radius 1 is 1.00 bits per heavy atom. The number of anilines is 1. The summed E-state index contributed by atoms with van der Waals surface area (Å²) in [5.74, 6) is 0.567. The second-order valence-electron chi connectivity index (χ2n) is 5.36. The highest BCUT2D eigenvalue weighted by atomic mass is 35.6. The number of benzene rings is 1. The monoisotopic (exact) mass is 427 g/mol. The van der Waals surface area contributed by atoms with Crippen LogP contribution >= 0.6 is 58.0 Å². The first kappa shape index (κ1) is 19.7. The zero-order valence-corrected chi connectivity index (χ0v) is 17.1. The molecule has 0 spiro atoms. The molecule has 9 heteroatoms. The summed E-state index contributed by atoms with van der Waals surface area (Å²) >= 11 is 29.6. The van der Waals surface area contributed by atoms with Crippen molar-refractivity contribution < 1.29 is 4.74 Å². The van der Waals surface area contributed by atoms with Crippen LogP contribution in [0.15, 0.2) is 12.1 Å². The summed E-state index contributed by atoms with van der Waals surface area (Å²) in [5.41, 5.74) is 3.14. The molecule has 2 rings (SSSR count). The van der Waals surface area contributed by atoms with Gasteiger partial charge in [-0.25, -0.2) is 4.98 Å². The molecule has 2 aromatic rings. The van der Waals surface area contributed by atoms with Gasteiger partial charge in [-0.1, -0.05) is 46.4 Å². The predicted molar refractivity (Wildman–Crippen MR) is 102 cm³/mol. The van der Waals surface area contributed by atoms with Crippen LogP contribution in [0.1, 0.15) is 16.8 Å². The fraction of sp³-hybridized carbons (Fsp3) is 0.333. The third kappa shape index (κ3) is 4.30. The molecule has 0 radical (unpaired) electrons. The van der Waals surface area contributed by atoms with Crippen LogP contribution in [0.25, 0.3) is 0 Å². The molecule has 0 aliphatic carbocycles. The summed E-state index contributed by atoms with van der Waals surface area (Å²) in [7, 11) is 3.95. The number of halogens is 5. The topological polar surface area (TPSA) is 38.3 Å². The minimum Gasteiger partial charge on any atom is -0.437 e. The molecule has 0 fully saturated rings. The number of hydrogen-bond donors (Lipinski definition) is 0. The normalized spacial score (nSPS) is 11.5. The Morgan fingerprint density at radius 3 is 2.00 bits per heavy atom. The van der Waals surface area contributed by atoms with Crippen molar-refractivity contribution in [1.82, 2.24) is 9.97 Å². The first-order valence-electron chi connectivity index (χ1n) is 6.77. The highest BCUT2D eigenvalue weighted by Crippen LogP contribution is 2.44. The number of nitrogens with zero attached hydrogens (tertiary/aromatic N) is 3. The Bertz CT molecular complexity index is 751. The van der Waals surface area contributed by atoms with E-state index in [-0.39, 0.29) is 21.9 Å². The average molecular weight is 430 g/mol. The van der Waals surface area contributed by atoms with Crippen molar-refractivity contribution in [2.45, 2.75) is 17.6 Å². The van der Waals surface area contributed by atoms with E-state index in [0.29, 0.717) is 5.75 Å². The average Bonchev–Trinajstić information content (AvgIpc) is 2.39. The minimum atomic E-state index is -1.84. The van der Waals surface area contributed by atoms with Crippen LogP contribution in [0.2, 0.25) is 10.3 Å². The van der Waals surface area contributed by atoms with Crippen LogP contribution in [0.4, 0.5) is 5.69 Å². The highest BCUT2D eigenvalue weighted by molar-refractivity contribution is 6.67. The first-order valence-corrected chi connectivity index (χ1v) is 8.66. The molecule has 0 atom stereocenters. The summed E-state index contributed by atoms with van der Waals surface area (Å²) in [6.45, 7) is 3.97. The van der Waals surface area contributed by atoms with Crippen LogP contribution < -0.4 is 9.64 Å². The van der Waals surface area contributed by atoms with Crippen molar-refractivity contribution in [3.05, 3.63) is 39.3 Å². The van der Waals surface area contributed by atoms with E-state index in [0.717, 1.165) is 16.8 Å². The number of rotatable bonds is 3. The molecule has 0 bridgehead atoms. The van der Waals surface area contributed by atoms with E-state index in [1.165, 1.54) is 0 Å². The van der Waals surface area contributed by atoms with Crippen molar-refractivity contribution >= 4 is 63.7 Å². The molecule has 1 heterocycles. The quantitative estimate of drug-likeness (QED) is 0.437. The number of aryl methyl sites for hydroxylation is 2. The van der Waals surface area contributed by atoms with Gasteiger partial charge in [0.1, 0.15) is 16.5 Å². The largest absolute Gasteiger partial charge is 0.437 e. The lowest BCUT2D eigenvalue weighted by Crippen LogP contribution is -2.12. The molecule has 0 amide bonds. The summed E-state index contributed by atoms with van der Waals surface area (Å²) < 4.78 is 3.92. The second kappa shape index (κ2) is 7.30. The van der Waals surface area contributed by atoms with Crippen LogP contribution in [0, 0.1) is 13.8 Å². The van der Waals surface area contributed by atoms with Crippen LogP contribution in [-0.2, 0) is 3.79 Å². The van der Waals surface area contributed by atoms with Gasteiger partial charge in [0.25, 0.3) is 0 Å². The lowest BCUT2D eigenvalue weighted by atomic mass is 10.1. The number of hydrogen-bond acceptors (Lipinski definition) is 4. The van der Waals surface area contributed by atoms with E-state index >= 15 is 0 Å². The number of aromatic nitrogens is 2. The molecule has 0 N–H and O–H groups in total. The molecular formula is C15H14Cl5N3O. The van der Waals surface area contributed by atoms with Crippen molar-refractivity contribution in [2.75, 3.05) is 19.0 Å². The van der Waals surface area contributed by atoms with E-state index < -0.39 is 3.79 Å². The van der Waals surface area contributed by atoms with Gasteiger partial charge in [-0.2, -0.15) is 4.98 Å². The van der Waals surface area contributed by atoms with Crippen molar-refractivity contribution in [3.8, 4) is 11.6 Å². The highest BCUT2D eigenvalue weighted by Gasteiger charge is 2.31. The van der Waals surface area contributed by atoms with Gasteiger partial charge in [0.2, 0.25) is 15.0 Å². The second-order valence-corrected chi connectivity index (χ2v) is 8.36. The zero-order valence-electron chi connectivity index (χ0n) is 13.3. The molecule has 130 valence electrons. The Hall–Kier alpha value is -0.650. The van der Waals surface area contributed by atoms with Crippen molar-refractivity contribution in [1.29, 1.82) is 0 Å². The lowest BCUT2D eigenvalue weighted by Gasteiger charge is -2.20. The molecule has 0 aliphatic heterocycles. The summed E-state index contributed by atoms with van der Waals surface area (Å²) in [4.78, 5) is 9.86. The van der Waals surface area contributed by atoms with E-state index in [1.807, 2.05) is 45.0 Å². The SMILES string of the molecule is Cc1cc(Oc2nc(Cl)nc(C(Cl)(Cl)Cl)c2Cl)cc(C)c1N(C)C. The van der Waals surface area contributed by atoms with Gasteiger partial charge in [0, 0.05) is 19.8 Å². The minimum absolute atomic E-state index is 0.00797. The Labute approximate surface area is 165 Å². The molecule has 0 aliphatic rings. The summed E-state index contributed by atoms with van der Waals surface area (Å²) in [6, 6.07) is 3.73. The molecule has 0 saturated heterocycles. The summed E-state index contributed by atoms with van der Waals surface area (Å²) in [5, 5.41) is -0.138. The number of alkyl halides is 3. The Morgan fingerprint density at radius 2 is 1.54 bits per heavy atom. The maximum atomic E-state index is 6.21. The van der Waals surface area contributed by atoms with E-state index in [2.05, 4.69) is 9.97 Å². The molecule has 0 unspecified atom stereocenters. The molecule has 4 nitrogen and oxygen atoms in total. The van der Waals surface area contributed by atoms with Gasteiger partial charge in [-0.3, -0.25) is 0 Å². The van der Waals surface area contributed by atoms with Gasteiger partial charge >= 0.3 is 0 Å². The van der Waals surface area contributed by atoms with Gasteiger partial charge in [0.05, 0.1) is 0 Å². The van der Waals surface area contributed by atoms with Gasteiger partial charge in [-0.05, 0) is 48.7 Å². The van der Waals surface area contributed by atoms with Gasteiger partial charge < -0.3 is 9.64 Å². The van der Waals surface area contributed by atoms with Gasteiger partial charge in [0.15, 0.2) is 0 Å². The maximum absolute atomic E-state index is 6.21. The van der Waals surface area contributed by atoms with Crippen LogP contribution in [-0.4, -0.2) is 24.1 Å². The smallest absolute Gasteiger partial charge is 0.242 e. The fourth-order valence-corrected chi connectivity index (χ4v) is 3.43. The molecular weight excluding hydrogens is 415 g/mol. The molecule has 1 aromatic carbocycles. The van der Waals surface area contributed by atoms with Crippen LogP contribution in [0.3, 0.4) is 0 Å².